The molecule has 1 unspecified atom stereocenters. The summed E-state index contributed by atoms with van der Waals surface area (Å²) in [5.41, 5.74) is 7.77. The third-order valence-electron chi connectivity index (χ3n) is 2.97. The van der Waals surface area contributed by atoms with E-state index >= 15 is 0 Å². The van der Waals surface area contributed by atoms with E-state index in [-0.39, 0.29) is 0 Å². The summed E-state index contributed by atoms with van der Waals surface area (Å²) in [6.45, 7) is 3.31. The molecule has 0 amide bonds. The van der Waals surface area contributed by atoms with Gasteiger partial charge in [0.25, 0.3) is 0 Å². The predicted octanol–water partition coefficient (Wildman–Crippen LogP) is 1.06. The molecule has 3 N–H and O–H groups in total. The molecule has 0 spiro atoms. The fourth-order valence-corrected chi connectivity index (χ4v) is 2.00. The summed E-state index contributed by atoms with van der Waals surface area (Å²) in [6, 6.07) is 8.73. The van der Waals surface area contributed by atoms with Crippen LogP contribution in [0.2, 0.25) is 0 Å². The van der Waals surface area contributed by atoms with Crippen molar-refractivity contribution in [3.63, 3.8) is 0 Å². The standard InChI is InChI=1S/C12H19N3/c1-15-7-6-12(9-15)14-8-10-2-4-11(13)5-3-10/h2-5,12,14H,6-9,13H2,1H3. The summed E-state index contributed by atoms with van der Waals surface area (Å²) < 4.78 is 0. The SMILES string of the molecule is CN1CCC(NCc2ccc(N)cc2)C1. The quantitative estimate of drug-likeness (QED) is 0.725. The van der Waals surface area contributed by atoms with Gasteiger partial charge in [0.15, 0.2) is 0 Å². The molecule has 0 aliphatic carbocycles. The first-order chi connectivity index (χ1) is 7.24. The van der Waals surface area contributed by atoms with Gasteiger partial charge < -0.3 is 16.0 Å². The number of nitrogens with zero attached hydrogens (tertiary/aromatic N) is 1. The van der Waals surface area contributed by atoms with E-state index in [0.29, 0.717) is 6.04 Å². The molecular weight excluding hydrogens is 186 g/mol. The Morgan fingerprint density at radius 2 is 2.13 bits per heavy atom. The van der Waals surface area contributed by atoms with E-state index in [1.165, 1.54) is 18.5 Å². The molecule has 0 bridgehead atoms. The molecule has 1 aliphatic heterocycles. The lowest BCUT2D eigenvalue weighted by Crippen LogP contribution is -2.30. The highest BCUT2D eigenvalue weighted by Gasteiger charge is 2.18. The molecule has 1 atom stereocenters. The van der Waals surface area contributed by atoms with Crippen LogP contribution in [0.15, 0.2) is 24.3 Å². The number of nitrogen functional groups attached to an aromatic ring is 1. The highest BCUT2D eigenvalue weighted by atomic mass is 15.2. The lowest BCUT2D eigenvalue weighted by molar-refractivity contribution is 0.397. The minimum Gasteiger partial charge on any atom is -0.399 e. The molecule has 1 fully saturated rings. The Hall–Kier alpha value is -1.06. The van der Waals surface area contributed by atoms with Gasteiger partial charge in [-0.25, -0.2) is 0 Å². The summed E-state index contributed by atoms with van der Waals surface area (Å²) in [7, 11) is 2.17. The van der Waals surface area contributed by atoms with Gasteiger partial charge in [-0.1, -0.05) is 12.1 Å². The van der Waals surface area contributed by atoms with Gasteiger partial charge >= 0.3 is 0 Å². The highest BCUT2D eigenvalue weighted by molar-refractivity contribution is 5.39. The number of likely N-dealkylation sites (tertiary alicyclic amines) is 1. The zero-order valence-electron chi connectivity index (χ0n) is 9.24. The Morgan fingerprint density at radius 3 is 2.73 bits per heavy atom. The summed E-state index contributed by atoms with van der Waals surface area (Å²) >= 11 is 0. The van der Waals surface area contributed by atoms with Crippen LogP contribution in [0.3, 0.4) is 0 Å². The molecule has 0 aromatic heterocycles. The second-order valence-corrected chi connectivity index (χ2v) is 4.37. The Morgan fingerprint density at radius 1 is 1.40 bits per heavy atom. The maximum absolute atomic E-state index is 5.64. The summed E-state index contributed by atoms with van der Waals surface area (Å²) in [4.78, 5) is 2.36. The van der Waals surface area contributed by atoms with Gasteiger partial charge in [0.2, 0.25) is 0 Å². The van der Waals surface area contributed by atoms with E-state index in [1.54, 1.807) is 0 Å². The molecule has 3 heteroatoms. The minimum atomic E-state index is 0.646. The van der Waals surface area contributed by atoms with Gasteiger partial charge in [-0.15, -0.1) is 0 Å². The van der Waals surface area contributed by atoms with Gasteiger partial charge in [0.1, 0.15) is 0 Å². The monoisotopic (exact) mass is 205 g/mol. The number of hydrogen-bond acceptors (Lipinski definition) is 3. The van der Waals surface area contributed by atoms with Crippen LogP contribution in [0.25, 0.3) is 0 Å². The van der Waals surface area contributed by atoms with Crippen molar-refractivity contribution >= 4 is 5.69 Å². The van der Waals surface area contributed by atoms with Crippen molar-refractivity contribution in [3.05, 3.63) is 29.8 Å². The fraction of sp³-hybridized carbons (Fsp3) is 0.500. The number of likely N-dealkylation sites (N-methyl/N-ethyl adjacent to an activating group) is 1. The highest BCUT2D eigenvalue weighted by Crippen LogP contribution is 2.09. The topological polar surface area (TPSA) is 41.3 Å². The van der Waals surface area contributed by atoms with E-state index in [2.05, 4.69) is 29.4 Å². The number of nitrogens with one attached hydrogen (secondary N) is 1. The Bertz CT molecular complexity index is 307. The van der Waals surface area contributed by atoms with Crippen molar-refractivity contribution in [1.29, 1.82) is 0 Å². The average molecular weight is 205 g/mol. The number of rotatable bonds is 3. The summed E-state index contributed by atoms with van der Waals surface area (Å²) in [6.07, 6.45) is 1.26. The third kappa shape index (κ3) is 2.94. The molecule has 0 radical (unpaired) electrons. The number of nitrogens with two attached hydrogens (primary N) is 1. The van der Waals surface area contributed by atoms with E-state index in [0.717, 1.165) is 18.8 Å². The van der Waals surface area contributed by atoms with Crippen LogP contribution in [-0.4, -0.2) is 31.1 Å². The zero-order valence-corrected chi connectivity index (χ0v) is 9.24. The van der Waals surface area contributed by atoms with Gasteiger partial charge in [-0.2, -0.15) is 0 Å². The van der Waals surface area contributed by atoms with Crippen LogP contribution < -0.4 is 11.1 Å². The molecule has 1 saturated heterocycles. The minimum absolute atomic E-state index is 0.646. The lowest BCUT2D eigenvalue weighted by Gasteiger charge is -2.12. The van der Waals surface area contributed by atoms with Crippen LogP contribution in [-0.2, 0) is 6.54 Å². The van der Waals surface area contributed by atoms with Crippen LogP contribution in [0.4, 0.5) is 5.69 Å². The van der Waals surface area contributed by atoms with Crippen molar-refractivity contribution in [2.24, 2.45) is 0 Å². The van der Waals surface area contributed by atoms with Crippen molar-refractivity contribution in [1.82, 2.24) is 10.2 Å². The van der Waals surface area contributed by atoms with Gasteiger partial charge in [-0.3, -0.25) is 0 Å². The van der Waals surface area contributed by atoms with Crippen molar-refractivity contribution in [3.8, 4) is 0 Å². The maximum Gasteiger partial charge on any atom is 0.0314 e. The van der Waals surface area contributed by atoms with Crippen molar-refractivity contribution in [2.75, 3.05) is 25.9 Å². The first-order valence-electron chi connectivity index (χ1n) is 5.50. The number of anilines is 1. The Kier molecular flexibility index (Phi) is 3.23. The van der Waals surface area contributed by atoms with Crippen LogP contribution in [0.5, 0.6) is 0 Å². The molecule has 1 heterocycles. The van der Waals surface area contributed by atoms with Crippen molar-refractivity contribution < 1.29 is 0 Å². The average Bonchev–Trinajstić information content (AvgIpc) is 2.64. The molecule has 1 aromatic carbocycles. The predicted molar refractivity (Wildman–Crippen MR) is 63.6 cm³/mol. The maximum atomic E-state index is 5.64. The molecular formula is C12H19N3. The van der Waals surface area contributed by atoms with Crippen LogP contribution in [0.1, 0.15) is 12.0 Å². The molecule has 82 valence electrons. The van der Waals surface area contributed by atoms with Gasteiger partial charge in [-0.05, 0) is 37.7 Å². The third-order valence-corrected chi connectivity index (χ3v) is 2.97. The van der Waals surface area contributed by atoms with E-state index in [1.807, 2.05) is 12.1 Å². The second kappa shape index (κ2) is 4.64. The Balaban J connectivity index is 1.80. The fourth-order valence-electron chi connectivity index (χ4n) is 2.00. The normalized spacial score (nSPS) is 22.1. The molecule has 1 aliphatic rings. The summed E-state index contributed by atoms with van der Waals surface area (Å²) in [5.74, 6) is 0. The zero-order chi connectivity index (χ0) is 10.7. The largest absolute Gasteiger partial charge is 0.399 e. The van der Waals surface area contributed by atoms with E-state index in [9.17, 15) is 0 Å². The molecule has 2 rings (SSSR count). The molecule has 3 nitrogen and oxygen atoms in total. The molecule has 1 aromatic rings. The second-order valence-electron chi connectivity index (χ2n) is 4.37. The van der Waals surface area contributed by atoms with Gasteiger partial charge in [0, 0.05) is 24.8 Å². The van der Waals surface area contributed by atoms with Crippen LogP contribution >= 0.6 is 0 Å². The van der Waals surface area contributed by atoms with Gasteiger partial charge in [0.05, 0.1) is 0 Å². The number of hydrogen-bond donors (Lipinski definition) is 2. The first-order valence-corrected chi connectivity index (χ1v) is 5.50. The number of benzene rings is 1. The Labute approximate surface area is 91.3 Å². The molecule has 0 saturated carbocycles. The lowest BCUT2D eigenvalue weighted by atomic mass is 10.2. The van der Waals surface area contributed by atoms with Crippen molar-refractivity contribution in [2.45, 2.75) is 19.0 Å². The van der Waals surface area contributed by atoms with Crippen LogP contribution in [0, 0.1) is 0 Å². The first kappa shape index (κ1) is 10.5. The smallest absolute Gasteiger partial charge is 0.0314 e. The summed E-state index contributed by atoms with van der Waals surface area (Å²) in [5, 5.41) is 3.57. The van der Waals surface area contributed by atoms with E-state index < -0.39 is 0 Å². The van der Waals surface area contributed by atoms with E-state index in [4.69, 9.17) is 5.73 Å². The molecule has 15 heavy (non-hydrogen) atoms.